The highest BCUT2D eigenvalue weighted by Gasteiger charge is 2.18. The van der Waals surface area contributed by atoms with Gasteiger partial charge in [0, 0.05) is 10.7 Å². The fourth-order valence-corrected chi connectivity index (χ4v) is 4.19. The second kappa shape index (κ2) is 6.58. The maximum Gasteiger partial charge on any atom is 0.206 e. The zero-order chi connectivity index (χ0) is 17.3. The molecule has 24 heavy (non-hydrogen) atoms. The Kier molecular flexibility index (Phi) is 4.67. The van der Waals surface area contributed by atoms with Gasteiger partial charge in [0.1, 0.15) is 6.33 Å². The smallest absolute Gasteiger partial charge is 0.206 e. The summed E-state index contributed by atoms with van der Waals surface area (Å²) < 4.78 is 27.3. The fraction of sp³-hybridized carbons (Fsp3) is 0.125. The van der Waals surface area contributed by atoms with E-state index in [1.165, 1.54) is 17.8 Å². The summed E-state index contributed by atoms with van der Waals surface area (Å²) in [5, 5.41) is 9.14. The summed E-state index contributed by atoms with van der Waals surface area (Å²) in [5.74, 6) is 0. The van der Waals surface area contributed by atoms with Gasteiger partial charge in [-0.05, 0) is 61.2 Å². The van der Waals surface area contributed by atoms with Crippen LogP contribution in [0.5, 0.6) is 0 Å². The molecule has 0 N–H and O–H groups in total. The standard InChI is InChI=1S/C16H14ClN3O2S2/c1-11-9-14(7-8-15(11)17)24(21,22)13-5-3-12(4-6-13)20-10-18-19-16(20)23-2/h3-10H,1-2H3. The van der Waals surface area contributed by atoms with Crippen LogP contribution in [0.25, 0.3) is 5.69 Å². The molecular formula is C16H14ClN3O2S2. The van der Waals surface area contributed by atoms with Crippen LogP contribution in [0.3, 0.4) is 0 Å². The molecule has 0 unspecified atom stereocenters. The number of hydrogen-bond acceptors (Lipinski definition) is 5. The Bertz CT molecular complexity index is 983. The summed E-state index contributed by atoms with van der Waals surface area (Å²) >= 11 is 7.44. The van der Waals surface area contributed by atoms with Gasteiger partial charge in [-0.25, -0.2) is 8.42 Å². The lowest BCUT2D eigenvalue weighted by Crippen LogP contribution is -2.03. The largest absolute Gasteiger partial charge is 0.277 e. The first kappa shape index (κ1) is 17.0. The molecule has 0 amide bonds. The van der Waals surface area contributed by atoms with E-state index in [4.69, 9.17) is 11.6 Å². The van der Waals surface area contributed by atoms with Gasteiger partial charge in [0.05, 0.1) is 9.79 Å². The van der Waals surface area contributed by atoms with Crippen LogP contribution >= 0.6 is 23.4 Å². The molecule has 0 spiro atoms. The van der Waals surface area contributed by atoms with Crippen LogP contribution in [0.4, 0.5) is 0 Å². The van der Waals surface area contributed by atoms with E-state index < -0.39 is 9.84 Å². The van der Waals surface area contributed by atoms with Crippen molar-refractivity contribution >= 4 is 33.2 Å². The Morgan fingerprint density at radius 2 is 1.75 bits per heavy atom. The summed E-state index contributed by atoms with van der Waals surface area (Å²) in [6, 6.07) is 11.3. The molecule has 0 fully saturated rings. The Hall–Kier alpha value is -1.83. The molecular weight excluding hydrogens is 366 g/mol. The minimum absolute atomic E-state index is 0.228. The highest BCUT2D eigenvalue weighted by atomic mass is 35.5. The molecule has 3 rings (SSSR count). The molecule has 8 heteroatoms. The van der Waals surface area contributed by atoms with E-state index in [-0.39, 0.29) is 9.79 Å². The van der Waals surface area contributed by atoms with Gasteiger partial charge in [-0.3, -0.25) is 4.57 Å². The van der Waals surface area contributed by atoms with Crippen molar-refractivity contribution in [2.24, 2.45) is 0 Å². The predicted octanol–water partition coefficient (Wildman–Crippen LogP) is 3.78. The van der Waals surface area contributed by atoms with Crippen LogP contribution in [-0.4, -0.2) is 29.4 Å². The molecule has 0 aliphatic rings. The first-order valence-electron chi connectivity index (χ1n) is 6.99. The van der Waals surface area contributed by atoms with Crippen molar-refractivity contribution in [2.45, 2.75) is 21.9 Å². The first-order chi connectivity index (χ1) is 11.4. The SMILES string of the molecule is CSc1nncn1-c1ccc(S(=O)(=O)c2ccc(Cl)c(C)c2)cc1. The van der Waals surface area contributed by atoms with Crippen LogP contribution in [0.1, 0.15) is 5.56 Å². The summed E-state index contributed by atoms with van der Waals surface area (Å²) in [4.78, 5) is 0.456. The van der Waals surface area contributed by atoms with Crippen LogP contribution < -0.4 is 0 Å². The lowest BCUT2D eigenvalue weighted by molar-refractivity contribution is 0.596. The van der Waals surface area contributed by atoms with Crippen LogP contribution in [0, 0.1) is 6.92 Å². The molecule has 0 saturated heterocycles. The Labute approximate surface area is 149 Å². The normalized spacial score (nSPS) is 11.6. The van der Waals surface area contributed by atoms with E-state index in [1.807, 2.05) is 6.26 Å². The number of thioether (sulfide) groups is 1. The van der Waals surface area contributed by atoms with Gasteiger partial charge in [0.25, 0.3) is 0 Å². The Morgan fingerprint density at radius 1 is 1.08 bits per heavy atom. The lowest BCUT2D eigenvalue weighted by Gasteiger charge is -2.09. The van der Waals surface area contributed by atoms with Gasteiger partial charge in [-0.1, -0.05) is 23.4 Å². The number of benzene rings is 2. The van der Waals surface area contributed by atoms with Crippen molar-refractivity contribution in [2.75, 3.05) is 6.26 Å². The summed E-state index contributed by atoms with van der Waals surface area (Å²) in [6.07, 6.45) is 3.50. The average Bonchev–Trinajstić information content (AvgIpc) is 3.06. The van der Waals surface area contributed by atoms with E-state index in [0.717, 1.165) is 16.4 Å². The van der Waals surface area contributed by atoms with Crippen molar-refractivity contribution in [1.29, 1.82) is 0 Å². The van der Waals surface area contributed by atoms with Crippen molar-refractivity contribution in [3.63, 3.8) is 0 Å². The minimum atomic E-state index is -3.58. The van der Waals surface area contributed by atoms with E-state index in [2.05, 4.69) is 10.2 Å². The fourth-order valence-electron chi connectivity index (χ4n) is 2.25. The number of aromatic nitrogens is 3. The molecule has 5 nitrogen and oxygen atoms in total. The van der Waals surface area contributed by atoms with E-state index in [0.29, 0.717) is 5.02 Å². The monoisotopic (exact) mass is 379 g/mol. The van der Waals surface area contributed by atoms with E-state index in [9.17, 15) is 8.42 Å². The highest BCUT2D eigenvalue weighted by molar-refractivity contribution is 7.98. The van der Waals surface area contributed by atoms with Crippen molar-refractivity contribution in [3.05, 3.63) is 59.4 Å². The lowest BCUT2D eigenvalue weighted by atomic mass is 10.2. The van der Waals surface area contributed by atoms with Gasteiger partial charge < -0.3 is 0 Å². The number of halogens is 1. The second-order valence-electron chi connectivity index (χ2n) is 5.10. The second-order valence-corrected chi connectivity index (χ2v) is 8.23. The third-order valence-corrected chi connectivity index (χ3v) is 6.40. The van der Waals surface area contributed by atoms with E-state index >= 15 is 0 Å². The van der Waals surface area contributed by atoms with Gasteiger partial charge in [-0.2, -0.15) is 0 Å². The molecule has 0 aliphatic carbocycles. The molecule has 0 aliphatic heterocycles. The number of hydrogen-bond donors (Lipinski definition) is 0. The first-order valence-corrected chi connectivity index (χ1v) is 10.1. The molecule has 1 heterocycles. The topological polar surface area (TPSA) is 64.8 Å². The Balaban J connectivity index is 1.99. The van der Waals surface area contributed by atoms with Crippen molar-refractivity contribution in [3.8, 4) is 5.69 Å². The molecule has 0 atom stereocenters. The third-order valence-electron chi connectivity index (χ3n) is 3.56. The highest BCUT2D eigenvalue weighted by Crippen LogP contribution is 2.26. The number of sulfone groups is 1. The Morgan fingerprint density at radius 3 is 2.38 bits per heavy atom. The van der Waals surface area contributed by atoms with Gasteiger partial charge in [0.15, 0.2) is 5.16 Å². The molecule has 1 aromatic heterocycles. The summed E-state index contributed by atoms with van der Waals surface area (Å²) in [7, 11) is -3.58. The maximum atomic E-state index is 12.7. The summed E-state index contributed by atoms with van der Waals surface area (Å²) in [6.45, 7) is 1.78. The summed E-state index contributed by atoms with van der Waals surface area (Å²) in [5.41, 5.74) is 1.53. The van der Waals surface area contributed by atoms with Gasteiger partial charge >= 0.3 is 0 Å². The van der Waals surface area contributed by atoms with Crippen LogP contribution in [0.15, 0.2) is 63.7 Å². The van der Waals surface area contributed by atoms with Crippen LogP contribution in [0.2, 0.25) is 5.02 Å². The number of rotatable bonds is 4. The van der Waals surface area contributed by atoms with Crippen molar-refractivity contribution in [1.82, 2.24) is 14.8 Å². The quantitative estimate of drug-likeness (QED) is 0.645. The van der Waals surface area contributed by atoms with Crippen LogP contribution in [-0.2, 0) is 9.84 Å². The zero-order valence-electron chi connectivity index (χ0n) is 13.0. The number of nitrogens with zero attached hydrogens (tertiary/aromatic N) is 3. The van der Waals surface area contributed by atoms with Gasteiger partial charge in [-0.15, -0.1) is 10.2 Å². The van der Waals surface area contributed by atoms with Gasteiger partial charge in [0.2, 0.25) is 9.84 Å². The van der Waals surface area contributed by atoms with Crippen molar-refractivity contribution < 1.29 is 8.42 Å². The zero-order valence-corrected chi connectivity index (χ0v) is 15.4. The molecule has 124 valence electrons. The molecule has 0 saturated carbocycles. The molecule has 2 aromatic carbocycles. The van der Waals surface area contributed by atoms with E-state index in [1.54, 1.807) is 54.2 Å². The molecule has 0 bridgehead atoms. The average molecular weight is 380 g/mol. The third kappa shape index (κ3) is 3.07. The molecule has 0 radical (unpaired) electrons. The minimum Gasteiger partial charge on any atom is -0.277 e. The predicted molar refractivity (Wildman–Crippen MR) is 94.8 cm³/mol. The maximum absolute atomic E-state index is 12.7. The molecule has 3 aromatic rings. The number of aryl methyl sites for hydroxylation is 1.